The van der Waals surface area contributed by atoms with Gasteiger partial charge in [0.1, 0.15) is 11.4 Å². The van der Waals surface area contributed by atoms with Gasteiger partial charge in [-0.1, -0.05) is 60.1 Å². The largest absolute Gasteiger partial charge is 0.497 e. The van der Waals surface area contributed by atoms with Crippen molar-refractivity contribution in [2.45, 2.75) is 30.3 Å². The molecule has 0 saturated heterocycles. The van der Waals surface area contributed by atoms with Gasteiger partial charge in [-0.05, 0) is 66.9 Å². The van der Waals surface area contributed by atoms with Crippen LogP contribution >= 0.6 is 11.6 Å². The van der Waals surface area contributed by atoms with Crippen molar-refractivity contribution in [1.29, 1.82) is 0 Å². The zero-order valence-corrected chi connectivity index (χ0v) is 24.8. The summed E-state index contributed by atoms with van der Waals surface area (Å²) >= 11 is 4.28. The summed E-state index contributed by atoms with van der Waals surface area (Å²) in [7, 11) is 1.66. The highest BCUT2D eigenvalue weighted by molar-refractivity contribution is 7.79. The number of hydrogen-bond acceptors (Lipinski definition) is 4. The molecule has 0 fully saturated rings. The Morgan fingerprint density at radius 2 is 1.81 bits per heavy atom. The second kappa shape index (κ2) is 13.9. The van der Waals surface area contributed by atoms with Gasteiger partial charge in [0.15, 0.2) is 11.1 Å². The van der Waals surface area contributed by atoms with E-state index in [-0.39, 0.29) is 16.8 Å². The summed E-state index contributed by atoms with van der Waals surface area (Å²) in [4.78, 5) is 13.9. The Labute approximate surface area is 253 Å². The van der Waals surface area contributed by atoms with Crippen LogP contribution < -0.4 is 20.7 Å². The van der Waals surface area contributed by atoms with Crippen LogP contribution in [-0.2, 0) is 24.0 Å². The number of rotatable bonds is 12. The molecule has 7 nitrogen and oxygen atoms in total. The maximum absolute atomic E-state index is 13.7. The van der Waals surface area contributed by atoms with Gasteiger partial charge in [0.2, 0.25) is 0 Å². The number of ether oxygens (including phenoxy) is 1. The summed E-state index contributed by atoms with van der Waals surface area (Å²) in [6, 6.07) is 26.5. The smallest absolute Gasteiger partial charge is 0.252 e. The van der Waals surface area contributed by atoms with E-state index in [2.05, 4.69) is 28.8 Å². The summed E-state index contributed by atoms with van der Waals surface area (Å²) in [6.45, 7) is 1.41. The molecule has 1 unspecified atom stereocenters. The van der Waals surface area contributed by atoms with Gasteiger partial charge in [-0.25, -0.2) is 4.21 Å². The molecule has 1 heterocycles. The topological polar surface area (TPSA) is 104 Å². The van der Waals surface area contributed by atoms with Gasteiger partial charge in [-0.15, -0.1) is 0 Å². The Morgan fingerprint density at radius 1 is 1.02 bits per heavy atom. The zero-order chi connectivity index (χ0) is 29.5. The molecule has 0 spiro atoms. The SMILES string of the molecule is COc1cccc(CNCC[C@H](Cc2ccccc2)NC(=O)c2ccc(-c3c(Cl)cccc3S(=O)O)c3c2C=C[NH2+]3)c1. The van der Waals surface area contributed by atoms with Crippen LogP contribution in [0.3, 0.4) is 0 Å². The van der Waals surface area contributed by atoms with Crippen LogP contribution in [0.5, 0.6) is 5.75 Å². The fourth-order valence-corrected chi connectivity index (χ4v) is 6.16. The van der Waals surface area contributed by atoms with E-state index >= 15 is 0 Å². The lowest BCUT2D eigenvalue weighted by Gasteiger charge is -2.20. The molecule has 1 aliphatic heterocycles. The summed E-state index contributed by atoms with van der Waals surface area (Å²) in [5, 5.41) is 9.03. The predicted octanol–water partition coefficient (Wildman–Crippen LogP) is 5.30. The Kier molecular flexibility index (Phi) is 9.84. The standard InChI is InChI=1S/C33H32ClN3O4S/c1-41-25-10-5-9-23(20-25)21-35-17-15-24(19-22-7-3-2-4-8-22)37-33(38)27-13-14-28(32-26(27)16-18-36-32)31-29(34)11-6-12-30(31)42(39)40/h2-14,16,18,20,24,35-36H,15,17,19,21H2,1H3,(H,37,38)(H,39,40)/p+1/t24-/m1/s1. The molecule has 5 rings (SSSR count). The first-order valence-electron chi connectivity index (χ1n) is 13.7. The van der Waals surface area contributed by atoms with E-state index in [9.17, 15) is 13.6 Å². The molecular formula is C33H33ClN3O4S+. The highest BCUT2D eigenvalue weighted by Crippen LogP contribution is 2.39. The van der Waals surface area contributed by atoms with Crippen LogP contribution in [0.4, 0.5) is 5.69 Å². The number of benzene rings is 4. The average molecular weight is 603 g/mol. The van der Waals surface area contributed by atoms with E-state index < -0.39 is 11.1 Å². The molecule has 4 aromatic carbocycles. The highest BCUT2D eigenvalue weighted by Gasteiger charge is 2.27. The number of carbonyl (C=O) groups excluding carboxylic acids is 1. The Hall–Kier alpha value is -3.79. The zero-order valence-electron chi connectivity index (χ0n) is 23.2. The molecule has 0 aliphatic carbocycles. The second-order valence-corrected chi connectivity index (χ2v) is 11.4. The summed E-state index contributed by atoms with van der Waals surface area (Å²) in [5.74, 6) is 0.653. The van der Waals surface area contributed by atoms with E-state index in [0.717, 1.165) is 34.5 Å². The van der Waals surface area contributed by atoms with Gasteiger partial charge in [0.25, 0.3) is 5.91 Å². The molecule has 1 aliphatic rings. The number of carbonyl (C=O) groups is 1. The van der Waals surface area contributed by atoms with Crippen LogP contribution in [0, 0.1) is 0 Å². The monoisotopic (exact) mass is 602 g/mol. The number of amides is 1. The van der Waals surface area contributed by atoms with Gasteiger partial charge >= 0.3 is 0 Å². The summed E-state index contributed by atoms with van der Waals surface area (Å²) in [6.07, 6.45) is 5.20. The van der Waals surface area contributed by atoms with Crippen molar-refractivity contribution in [1.82, 2.24) is 10.6 Å². The van der Waals surface area contributed by atoms with Crippen molar-refractivity contribution < 1.29 is 23.6 Å². The van der Waals surface area contributed by atoms with Crippen molar-refractivity contribution in [2.24, 2.45) is 0 Å². The molecule has 0 radical (unpaired) electrons. The number of methoxy groups -OCH3 is 1. The first-order valence-corrected chi connectivity index (χ1v) is 15.2. The quantitative estimate of drug-likeness (QED) is 0.100. The molecule has 1 amide bonds. The van der Waals surface area contributed by atoms with Crippen molar-refractivity contribution in [2.75, 3.05) is 13.7 Å². The minimum Gasteiger partial charge on any atom is -0.497 e. The Morgan fingerprint density at radius 3 is 2.60 bits per heavy atom. The van der Waals surface area contributed by atoms with Crippen LogP contribution in [0.1, 0.15) is 33.5 Å². The lowest BCUT2D eigenvalue weighted by atomic mass is 9.96. The maximum Gasteiger partial charge on any atom is 0.252 e. The van der Waals surface area contributed by atoms with E-state index in [1.165, 1.54) is 0 Å². The summed E-state index contributed by atoms with van der Waals surface area (Å²) in [5.41, 5.74) is 5.57. The van der Waals surface area contributed by atoms with Gasteiger partial charge in [0.05, 0.1) is 29.3 Å². The van der Waals surface area contributed by atoms with Crippen molar-refractivity contribution in [3.8, 4) is 16.9 Å². The van der Waals surface area contributed by atoms with Gasteiger partial charge in [-0.2, -0.15) is 0 Å². The Balaban J connectivity index is 1.34. The van der Waals surface area contributed by atoms with Crippen molar-refractivity contribution >= 4 is 40.4 Å². The fourth-order valence-electron chi connectivity index (χ4n) is 5.24. The van der Waals surface area contributed by atoms with Crippen LogP contribution in [0.15, 0.2) is 96.0 Å². The van der Waals surface area contributed by atoms with Crippen LogP contribution in [0.25, 0.3) is 17.2 Å². The second-order valence-electron chi connectivity index (χ2n) is 10.1. The van der Waals surface area contributed by atoms with Crippen molar-refractivity contribution in [3.05, 3.63) is 118 Å². The Bertz CT molecular complexity index is 1630. The minimum atomic E-state index is -2.22. The van der Waals surface area contributed by atoms with E-state index in [0.29, 0.717) is 41.2 Å². The molecule has 216 valence electrons. The van der Waals surface area contributed by atoms with Gasteiger partial charge in [0, 0.05) is 34.8 Å². The first-order chi connectivity index (χ1) is 20.4. The molecule has 0 bridgehead atoms. The molecule has 2 atom stereocenters. The lowest BCUT2D eigenvalue weighted by Crippen LogP contribution is -2.69. The number of nitrogens with two attached hydrogens (primary N) is 1. The third-order valence-corrected chi connectivity index (χ3v) is 8.31. The van der Waals surface area contributed by atoms with Gasteiger partial charge < -0.3 is 19.9 Å². The number of fused-ring (bicyclic) bond motifs is 1. The third kappa shape index (κ3) is 6.98. The molecule has 9 heteroatoms. The van der Waals surface area contributed by atoms with Crippen LogP contribution in [-0.4, -0.2) is 34.4 Å². The third-order valence-electron chi connectivity index (χ3n) is 7.28. The number of nitrogens with one attached hydrogen (secondary N) is 2. The number of quaternary nitrogens is 1. The molecule has 4 aromatic rings. The highest BCUT2D eigenvalue weighted by atomic mass is 35.5. The molecule has 0 saturated carbocycles. The molecular weight excluding hydrogens is 570 g/mol. The van der Waals surface area contributed by atoms with E-state index in [1.54, 1.807) is 37.4 Å². The molecule has 5 N–H and O–H groups in total. The average Bonchev–Trinajstić information content (AvgIpc) is 3.49. The molecule has 42 heavy (non-hydrogen) atoms. The summed E-state index contributed by atoms with van der Waals surface area (Å²) < 4.78 is 27.3. The fraction of sp³-hybridized carbons (Fsp3) is 0.182. The lowest BCUT2D eigenvalue weighted by molar-refractivity contribution is -0.490. The minimum absolute atomic E-state index is 0.102. The number of halogens is 1. The van der Waals surface area contributed by atoms with Crippen molar-refractivity contribution in [3.63, 3.8) is 0 Å². The normalized spacial score (nSPS) is 13.4. The van der Waals surface area contributed by atoms with Gasteiger partial charge in [-0.3, -0.25) is 10.1 Å². The molecule has 0 aromatic heterocycles. The number of hydrogen-bond donors (Lipinski definition) is 4. The first kappa shape index (κ1) is 29.7. The van der Waals surface area contributed by atoms with Crippen LogP contribution in [0.2, 0.25) is 5.02 Å². The van der Waals surface area contributed by atoms with E-state index in [1.807, 2.05) is 54.0 Å². The predicted molar refractivity (Wildman–Crippen MR) is 167 cm³/mol. The van der Waals surface area contributed by atoms with E-state index in [4.69, 9.17) is 16.3 Å². The maximum atomic E-state index is 13.7.